The number of rotatable bonds is 10. The van der Waals surface area contributed by atoms with Crippen LogP contribution in [0.15, 0.2) is 59.3 Å². The average Bonchev–Trinajstić information content (AvgIpc) is 3.27. The molecule has 176 valence electrons. The molecule has 0 amide bonds. The first kappa shape index (κ1) is 23.2. The number of benzene rings is 2. The summed E-state index contributed by atoms with van der Waals surface area (Å²) in [6.07, 6.45) is 4.32. The molecule has 2 aromatic carbocycles. The number of fused-ring (bicyclic) bond motifs is 1. The van der Waals surface area contributed by atoms with Gasteiger partial charge in [-0.1, -0.05) is 42.8 Å². The number of methoxy groups -OCH3 is 2. The van der Waals surface area contributed by atoms with E-state index >= 15 is 0 Å². The molecular formula is C26H26FN3O4. The van der Waals surface area contributed by atoms with Gasteiger partial charge in [0, 0.05) is 24.1 Å². The molecule has 1 N–H and O–H groups in total. The van der Waals surface area contributed by atoms with E-state index in [1.165, 1.54) is 26.6 Å². The number of furan rings is 1. The van der Waals surface area contributed by atoms with Crippen molar-refractivity contribution in [3.8, 4) is 28.2 Å². The number of carbonyl (C=O) groups excluding carboxylic acids is 1. The molecule has 0 aliphatic heterocycles. The summed E-state index contributed by atoms with van der Waals surface area (Å²) in [5, 5.41) is 4.04. The number of nitrogens with zero attached hydrogens (tertiary/aromatic N) is 2. The smallest absolute Gasteiger partial charge is 0.305 e. The molecule has 0 saturated carbocycles. The Morgan fingerprint density at radius 2 is 1.85 bits per heavy atom. The molecule has 0 saturated heterocycles. The van der Waals surface area contributed by atoms with Gasteiger partial charge in [0.15, 0.2) is 11.6 Å². The Kier molecular flexibility index (Phi) is 7.37. The molecule has 2 heterocycles. The minimum Gasteiger partial charge on any atom is -0.494 e. The number of anilines is 1. The predicted molar refractivity (Wildman–Crippen MR) is 128 cm³/mol. The highest BCUT2D eigenvalue weighted by molar-refractivity contribution is 6.05. The Labute approximate surface area is 196 Å². The molecule has 7 nitrogen and oxygen atoms in total. The zero-order valence-electron chi connectivity index (χ0n) is 19.1. The largest absolute Gasteiger partial charge is 0.494 e. The number of carbonyl (C=O) groups is 1. The highest BCUT2D eigenvalue weighted by atomic mass is 19.1. The van der Waals surface area contributed by atoms with E-state index in [1.54, 1.807) is 12.1 Å². The van der Waals surface area contributed by atoms with Crippen LogP contribution in [0.5, 0.6) is 5.75 Å². The summed E-state index contributed by atoms with van der Waals surface area (Å²) in [6, 6.07) is 14.4. The van der Waals surface area contributed by atoms with Gasteiger partial charge in [-0.05, 0) is 30.5 Å². The first-order chi connectivity index (χ1) is 16.6. The van der Waals surface area contributed by atoms with Crippen LogP contribution in [0.1, 0.15) is 25.7 Å². The first-order valence-electron chi connectivity index (χ1n) is 11.1. The van der Waals surface area contributed by atoms with Gasteiger partial charge in [-0.2, -0.15) is 0 Å². The summed E-state index contributed by atoms with van der Waals surface area (Å²) in [6.45, 7) is 0.648. The van der Waals surface area contributed by atoms with Crippen LogP contribution in [0, 0.1) is 5.82 Å². The molecule has 8 heteroatoms. The quantitative estimate of drug-likeness (QED) is 0.233. The second-order valence-corrected chi connectivity index (χ2v) is 7.74. The van der Waals surface area contributed by atoms with E-state index in [0.717, 1.165) is 24.8 Å². The van der Waals surface area contributed by atoms with E-state index in [9.17, 15) is 9.18 Å². The van der Waals surface area contributed by atoms with Crippen LogP contribution >= 0.6 is 0 Å². The number of hydrogen-bond donors (Lipinski definition) is 1. The van der Waals surface area contributed by atoms with Crippen molar-refractivity contribution in [2.24, 2.45) is 0 Å². The van der Waals surface area contributed by atoms with Crippen LogP contribution in [0.4, 0.5) is 10.2 Å². The van der Waals surface area contributed by atoms with Crippen LogP contribution in [0.25, 0.3) is 33.6 Å². The molecule has 0 aliphatic carbocycles. The number of halogens is 1. The van der Waals surface area contributed by atoms with Crippen molar-refractivity contribution >= 4 is 22.9 Å². The summed E-state index contributed by atoms with van der Waals surface area (Å²) >= 11 is 0. The molecule has 34 heavy (non-hydrogen) atoms. The average molecular weight is 464 g/mol. The predicted octanol–water partition coefficient (Wildman–Crippen LogP) is 5.85. The summed E-state index contributed by atoms with van der Waals surface area (Å²) in [5.41, 5.74) is 2.59. The van der Waals surface area contributed by atoms with Gasteiger partial charge in [0.05, 0.1) is 19.6 Å². The van der Waals surface area contributed by atoms with Gasteiger partial charge < -0.3 is 19.2 Å². The van der Waals surface area contributed by atoms with Crippen molar-refractivity contribution in [2.75, 3.05) is 26.1 Å². The molecule has 0 spiro atoms. The Morgan fingerprint density at radius 3 is 2.59 bits per heavy atom. The van der Waals surface area contributed by atoms with Crippen LogP contribution in [0.3, 0.4) is 0 Å². The minimum absolute atomic E-state index is 0.166. The van der Waals surface area contributed by atoms with Gasteiger partial charge in [-0.25, -0.2) is 14.4 Å². The van der Waals surface area contributed by atoms with Crippen LogP contribution < -0.4 is 10.1 Å². The molecule has 4 aromatic rings. The number of esters is 1. The van der Waals surface area contributed by atoms with Crippen molar-refractivity contribution in [3.05, 3.63) is 60.7 Å². The lowest BCUT2D eigenvalue weighted by Gasteiger charge is -2.10. The summed E-state index contributed by atoms with van der Waals surface area (Å²) < 4.78 is 30.6. The highest BCUT2D eigenvalue weighted by Crippen LogP contribution is 2.43. The van der Waals surface area contributed by atoms with Crippen molar-refractivity contribution in [3.63, 3.8) is 0 Å². The fraction of sp³-hybridized carbons (Fsp3) is 0.269. The lowest BCUT2D eigenvalue weighted by molar-refractivity contribution is -0.140. The molecule has 4 rings (SSSR count). The third kappa shape index (κ3) is 5.01. The Balaban J connectivity index is 1.69. The number of ether oxygens (including phenoxy) is 2. The standard InChI is InChI=1S/C26H26FN3O4/c1-32-20-13-12-18(15-19(20)27)22-23-25(28-14-8-4-7-11-21(31)33-2)29-16-30-26(23)34-24(22)17-9-5-3-6-10-17/h3,5-6,9-10,12-13,15-16H,4,7-8,11,14H2,1-2H3,(H,28,29,30). The van der Waals surface area contributed by atoms with Crippen LogP contribution in [-0.2, 0) is 9.53 Å². The van der Waals surface area contributed by atoms with Crippen LogP contribution in [-0.4, -0.2) is 36.7 Å². The Bertz CT molecular complexity index is 1270. The summed E-state index contributed by atoms with van der Waals surface area (Å²) in [4.78, 5) is 20.0. The van der Waals surface area contributed by atoms with Crippen LogP contribution in [0.2, 0.25) is 0 Å². The van der Waals surface area contributed by atoms with Gasteiger partial charge in [0.25, 0.3) is 0 Å². The molecule has 0 bridgehead atoms. The van der Waals surface area contributed by atoms with Gasteiger partial charge in [-0.3, -0.25) is 4.79 Å². The van der Waals surface area contributed by atoms with Crippen molar-refractivity contribution in [2.45, 2.75) is 25.7 Å². The molecule has 0 radical (unpaired) electrons. The first-order valence-corrected chi connectivity index (χ1v) is 11.1. The van der Waals surface area contributed by atoms with Crippen molar-refractivity contribution in [1.82, 2.24) is 9.97 Å². The number of nitrogens with one attached hydrogen (secondary N) is 1. The maximum Gasteiger partial charge on any atom is 0.305 e. The number of hydrogen-bond acceptors (Lipinski definition) is 7. The summed E-state index contributed by atoms with van der Waals surface area (Å²) in [5.74, 6) is 0.690. The van der Waals surface area contributed by atoms with Crippen molar-refractivity contribution < 1.29 is 23.1 Å². The fourth-order valence-electron chi connectivity index (χ4n) is 3.84. The van der Waals surface area contributed by atoms with E-state index in [1.807, 2.05) is 30.3 Å². The SMILES string of the molecule is COC(=O)CCCCCNc1ncnc2oc(-c3ccccc3)c(-c3ccc(OC)c(F)c3)c12. The van der Waals surface area contributed by atoms with E-state index < -0.39 is 5.82 Å². The van der Waals surface area contributed by atoms with E-state index in [0.29, 0.717) is 46.8 Å². The van der Waals surface area contributed by atoms with Gasteiger partial charge in [0.1, 0.15) is 17.9 Å². The van der Waals surface area contributed by atoms with Gasteiger partial charge >= 0.3 is 5.97 Å². The Hall–Kier alpha value is -3.94. The zero-order chi connectivity index (χ0) is 23.9. The lowest BCUT2D eigenvalue weighted by Crippen LogP contribution is -2.05. The molecule has 0 atom stereocenters. The summed E-state index contributed by atoms with van der Waals surface area (Å²) in [7, 11) is 2.83. The van der Waals surface area contributed by atoms with Crippen molar-refractivity contribution in [1.29, 1.82) is 0 Å². The third-order valence-electron chi connectivity index (χ3n) is 5.54. The van der Waals surface area contributed by atoms with Gasteiger partial charge in [-0.15, -0.1) is 0 Å². The molecule has 0 unspecified atom stereocenters. The highest BCUT2D eigenvalue weighted by Gasteiger charge is 2.23. The Morgan fingerprint density at radius 1 is 1.03 bits per heavy atom. The van der Waals surface area contributed by atoms with E-state index in [2.05, 4.69) is 20.0 Å². The van der Waals surface area contributed by atoms with E-state index in [-0.39, 0.29) is 11.7 Å². The zero-order valence-corrected chi connectivity index (χ0v) is 19.1. The second kappa shape index (κ2) is 10.8. The monoisotopic (exact) mass is 463 g/mol. The molecule has 0 fully saturated rings. The van der Waals surface area contributed by atoms with E-state index in [4.69, 9.17) is 9.15 Å². The molecule has 0 aliphatic rings. The maximum atomic E-state index is 14.6. The molecule has 2 aromatic heterocycles. The van der Waals surface area contributed by atoms with Gasteiger partial charge in [0.2, 0.25) is 5.71 Å². The molecular weight excluding hydrogens is 437 g/mol. The minimum atomic E-state index is -0.467. The second-order valence-electron chi connectivity index (χ2n) is 7.74. The number of unbranched alkanes of at least 4 members (excludes halogenated alkanes) is 2. The fourth-order valence-corrected chi connectivity index (χ4v) is 3.84. The number of aromatic nitrogens is 2. The normalized spacial score (nSPS) is 10.9. The maximum absolute atomic E-state index is 14.6. The lowest BCUT2D eigenvalue weighted by atomic mass is 9.99. The topological polar surface area (TPSA) is 86.5 Å². The third-order valence-corrected chi connectivity index (χ3v) is 5.54.